The van der Waals surface area contributed by atoms with Crippen LogP contribution in [-0.2, 0) is 12.2 Å². The van der Waals surface area contributed by atoms with Crippen LogP contribution in [0.4, 0.5) is 0 Å². The van der Waals surface area contributed by atoms with E-state index >= 15 is 0 Å². The van der Waals surface area contributed by atoms with Crippen LogP contribution in [0.2, 0.25) is 0 Å². The highest BCUT2D eigenvalue weighted by molar-refractivity contribution is 7.98. The number of likely N-dealkylation sites (N-methyl/N-ethyl adjacent to an activating group) is 1. The first kappa shape index (κ1) is 17.2. The number of thiazole rings is 1. The van der Waals surface area contributed by atoms with Gasteiger partial charge in [-0.1, -0.05) is 42.0 Å². The maximum Gasteiger partial charge on any atom is 0.0945 e. The van der Waals surface area contributed by atoms with Crippen molar-refractivity contribution in [1.82, 2.24) is 10.3 Å². The van der Waals surface area contributed by atoms with Gasteiger partial charge >= 0.3 is 0 Å². The Morgan fingerprint density at radius 3 is 2.75 bits per heavy atom. The fourth-order valence-corrected chi connectivity index (χ4v) is 4.28. The van der Waals surface area contributed by atoms with Crippen molar-refractivity contribution in [2.75, 3.05) is 13.6 Å². The Bertz CT molecular complexity index is 781. The lowest BCUT2D eigenvalue weighted by molar-refractivity contribution is 0.788. The zero-order valence-electron chi connectivity index (χ0n) is 14.1. The molecule has 0 aliphatic heterocycles. The van der Waals surface area contributed by atoms with Gasteiger partial charge in [-0.05, 0) is 31.7 Å². The van der Waals surface area contributed by atoms with Gasteiger partial charge < -0.3 is 5.32 Å². The zero-order valence-corrected chi connectivity index (χ0v) is 15.7. The molecule has 0 saturated heterocycles. The molecule has 24 heavy (non-hydrogen) atoms. The van der Waals surface area contributed by atoms with Crippen molar-refractivity contribution < 1.29 is 0 Å². The Morgan fingerprint density at radius 1 is 1.12 bits per heavy atom. The summed E-state index contributed by atoms with van der Waals surface area (Å²) in [5.41, 5.74) is 4.98. The molecule has 0 aliphatic rings. The summed E-state index contributed by atoms with van der Waals surface area (Å²) < 4.78 is 0. The molecule has 2 nitrogen and oxygen atoms in total. The van der Waals surface area contributed by atoms with Crippen LogP contribution < -0.4 is 5.32 Å². The molecular formula is C20H22N2S2. The van der Waals surface area contributed by atoms with Crippen LogP contribution in [0.15, 0.2) is 58.8 Å². The monoisotopic (exact) mass is 354 g/mol. The van der Waals surface area contributed by atoms with Crippen molar-refractivity contribution in [3.63, 3.8) is 0 Å². The molecule has 0 radical (unpaired) electrons. The Labute approximate surface area is 152 Å². The summed E-state index contributed by atoms with van der Waals surface area (Å²) in [4.78, 5) is 6.14. The minimum Gasteiger partial charge on any atom is -0.319 e. The van der Waals surface area contributed by atoms with E-state index in [1.54, 1.807) is 11.3 Å². The average Bonchev–Trinajstić information content (AvgIpc) is 3.08. The Balaban J connectivity index is 1.81. The van der Waals surface area contributed by atoms with Crippen LogP contribution in [0, 0.1) is 6.92 Å². The molecule has 0 fully saturated rings. The predicted molar refractivity (Wildman–Crippen MR) is 106 cm³/mol. The molecule has 1 N–H and O–H groups in total. The van der Waals surface area contributed by atoms with E-state index in [4.69, 9.17) is 4.98 Å². The van der Waals surface area contributed by atoms with Crippen molar-refractivity contribution >= 4 is 23.1 Å². The molecule has 3 rings (SSSR count). The predicted octanol–water partition coefficient (Wildman–Crippen LogP) is 5.17. The fraction of sp³-hybridized carbons (Fsp3) is 0.250. The molecule has 0 bridgehead atoms. The van der Waals surface area contributed by atoms with Gasteiger partial charge in [0, 0.05) is 34.6 Å². The third-order valence-corrected chi connectivity index (χ3v) is 5.84. The molecule has 3 aromatic rings. The van der Waals surface area contributed by atoms with E-state index in [1.807, 2.05) is 18.8 Å². The van der Waals surface area contributed by atoms with Crippen molar-refractivity contribution in [3.8, 4) is 11.3 Å². The zero-order chi connectivity index (χ0) is 16.8. The van der Waals surface area contributed by atoms with Gasteiger partial charge in [-0.2, -0.15) is 0 Å². The highest BCUT2D eigenvalue weighted by Crippen LogP contribution is 2.34. The molecule has 1 heterocycles. The lowest BCUT2D eigenvalue weighted by atomic mass is 10.1. The summed E-state index contributed by atoms with van der Waals surface area (Å²) in [5.74, 6) is 0.980. The number of thioether (sulfide) groups is 1. The summed E-state index contributed by atoms with van der Waals surface area (Å²) >= 11 is 3.64. The molecule has 2 aromatic carbocycles. The van der Waals surface area contributed by atoms with Gasteiger partial charge in [0.1, 0.15) is 0 Å². The minimum atomic E-state index is 0.969. The van der Waals surface area contributed by atoms with Crippen LogP contribution in [-0.4, -0.2) is 18.6 Å². The second kappa shape index (κ2) is 8.47. The van der Waals surface area contributed by atoms with Gasteiger partial charge in [0.2, 0.25) is 0 Å². The van der Waals surface area contributed by atoms with Gasteiger partial charge in [-0.25, -0.2) is 4.98 Å². The van der Waals surface area contributed by atoms with Crippen molar-refractivity contribution in [2.24, 2.45) is 0 Å². The van der Waals surface area contributed by atoms with E-state index < -0.39 is 0 Å². The number of hydrogen-bond donors (Lipinski definition) is 1. The SMILES string of the molecule is CNCCc1nc(-c2cc(C)ccc2SCc2ccccc2)cs1. The molecule has 0 amide bonds. The van der Waals surface area contributed by atoms with E-state index in [0.29, 0.717) is 0 Å². The first-order valence-electron chi connectivity index (χ1n) is 8.13. The largest absolute Gasteiger partial charge is 0.319 e. The number of aromatic nitrogens is 1. The highest BCUT2D eigenvalue weighted by Gasteiger charge is 2.10. The van der Waals surface area contributed by atoms with Crippen molar-refractivity contribution in [1.29, 1.82) is 0 Å². The molecule has 0 atom stereocenters. The lowest BCUT2D eigenvalue weighted by Gasteiger charge is -2.09. The number of nitrogens with zero attached hydrogens (tertiary/aromatic N) is 1. The Hall–Kier alpha value is -1.62. The Kier molecular flexibility index (Phi) is 6.07. The maximum absolute atomic E-state index is 4.84. The summed E-state index contributed by atoms with van der Waals surface area (Å²) in [7, 11) is 1.98. The summed E-state index contributed by atoms with van der Waals surface area (Å²) in [6, 6.07) is 17.3. The lowest BCUT2D eigenvalue weighted by Crippen LogP contribution is -2.09. The van der Waals surface area contributed by atoms with Gasteiger partial charge in [0.05, 0.1) is 10.7 Å². The van der Waals surface area contributed by atoms with Gasteiger partial charge in [-0.15, -0.1) is 23.1 Å². The topological polar surface area (TPSA) is 24.9 Å². The number of aryl methyl sites for hydroxylation is 1. The van der Waals surface area contributed by atoms with E-state index in [1.165, 1.54) is 26.6 Å². The first-order valence-corrected chi connectivity index (χ1v) is 9.99. The van der Waals surface area contributed by atoms with Crippen LogP contribution in [0.3, 0.4) is 0 Å². The number of rotatable bonds is 7. The van der Waals surface area contributed by atoms with Gasteiger partial charge in [0.15, 0.2) is 0 Å². The number of nitrogens with one attached hydrogen (secondary N) is 1. The molecule has 1 aromatic heterocycles. The van der Waals surface area contributed by atoms with Crippen LogP contribution >= 0.6 is 23.1 Å². The smallest absolute Gasteiger partial charge is 0.0945 e. The normalized spacial score (nSPS) is 10.9. The molecule has 4 heteroatoms. The average molecular weight is 355 g/mol. The molecular weight excluding hydrogens is 332 g/mol. The second-order valence-corrected chi connectivity index (χ2v) is 7.71. The van der Waals surface area contributed by atoms with Crippen molar-refractivity contribution in [2.45, 2.75) is 24.0 Å². The van der Waals surface area contributed by atoms with Crippen molar-refractivity contribution in [3.05, 3.63) is 70.0 Å². The first-order chi connectivity index (χ1) is 11.8. The fourth-order valence-electron chi connectivity index (χ4n) is 2.49. The van der Waals surface area contributed by atoms with E-state index in [0.717, 1.165) is 24.4 Å². The summed E-state index contributed by atoms with van der Waals surface area (Å²) in [6.07, 6.45) is 0.986. The quantitative estimate of drug-likeness (QED) is 0.592. The van der Waals surface area contributed by atoms with Crippen LogP contribution in [0.25, 0.3) is 11.3 Å². The Morgan fingerprint density at radius 2 is 1.96 bits per heavy atom. The molecule has 0 unspecified atom stereocenters. The third kappa shape index (κ3) is 4.47. The van der Waals surface area contributed by atoms with Crippen LogP contribution in [0.1, 0.15) is 16.1 Å². The third-order valence-electron chi connectivity index (χ3n) is 3.79. The van der Waals surface area contributed by atoms with E-state index in [9.17, 15) is 0 Å². The van der Waals surface area contributed by atoms with E-state index in [2.05, 4.69) is 66.2 Å². The maximum atomic E-state index is 4.84. The second-order valence-electron chi connectivity index (χ2n) is 5.75. The van der Waals surface area contributed by atoms with Crippen LogP contribution in [0.5, 0.6) is 0 Å². The molecule has 124 valence electrons. The molecule has 0 saturated carbocycles. The molecule has 0 aliphatic carbocycles. The summed E-state index contributed by atoms with van der Waals surface area (Å²) in [5, 5.41) is 6.57. The van der Waals surface area contributed by atoms with E-state index in [-0.39, 0.29) is 0 Å². The summed E-state index contributed by atoms with van der Waals surface area (Å²) in [6.45, 7) is 3.11. The minimum absolute atomic E-state index is 0.969. The molecule has 0 spiro atoms. The number of hydrogen-bond acceptors (Lipinski definition) is 4. The van der Waals surface area contributed by atoms with Gasteiger partial charge in [0.25, 0.3) is 0 Å². The van der Waals surface area contributed by atoms with Gasteiger partial charge in [-0.3, -0.25) is 0 Å². The number of benzene rings is 2. The highest BCUT2D eigenvalue weighted by atomic mass is 32.2. The standard InChI is InChI=1S/C20H22N2S2/c1-15-8-9-19(23-13-16-6-4-3-5-7-16)17(12-15)18-14-24-20(22-18)10-11-21-2/h3-9,12,14,21H,10-11,13H2,1-2H3.